The van der Waals surface area contributed by atoms with Gasteiger partial charge in [0.2, 0.25) is 0 Å². The second-order valence-corrected chi connectivity index (χ2v) is 7.96. The second-order valence-electron chi connectivity index (χ2n) is 7.56. The molecule has 0 aliphatic carbocycles. The van der Waals surface area contributed by atoms with Crippen LogP contribution in [-0.2, 0) is 17.7 Å². The zero-order valence-corrected chi connectivity index (χ0v) is 16.9. The third-order valence-corrected chi connectivity index (χ3v) is 4.54. The van der Waals surface area contributed by atoms with Gasteiger partial charge in [0.15, 0.2) is 5.69 Å². The van der Waals surface area contributed by atoms with E-state index in [1.165, 1.54) is 23.1 Å². The van der Waals surface area contributed by atoms with Gasteiger partial charge in [0.25, 0.3) is 11.6 Å². The Bertz CT molecular complexity index is 982. The Labute approximate surface area is 171 Å². The predicted molar refractivity (Wildman–Crippen MR) is 105 cm³/mol. The first kappa shape index (κ1) is 20.6. The Kier molecular flexibility index (Phi) is 5.47. The maximum atomic E-state index is 12.7. The number of carbonyl (C=O) groups excluding carboxylic acids is 2. The lowest BCUT2D eigenvalue weighted by Crippen LogP contribution is -2.40. The predicted octanol–water partition coefficient (Wildman–Crippen LogP) is 3.52. The Morgan fingerprint density at radius 2 is 2.10 bits per heavy atom. The van der Waals surface area contributed by atoms with Crippen molar-refractivity contribution in [3.63, 3.8) is 0 Å². The number of fused-ring (bicyclic) bond motifs is 1. The fourth-order valence-electron chi connectivity index (χ4n) is 2.87. The van der Waals surface area contributed by atoms with Crippen molar-refractivity contribution >= 4 is 35.0 Å². The number of hydrogen-bond donors (Lipinski definition) is 2. The first-order valence-electron chi connectivity index (χ1n) is 8.84. The van der Waals surface area contributed by atoms with Crippen molar-refractivity contribution < 1.29 is 19.2 Å². The number of aromatic amines is 1. The van der Waals surface area contributed by atoms with Crippen LogP contribution in [0.1, 0.15) is 42.5 Å². The lowest BCUT2D eigenvalue weighted by atomic mass is 10.1. The summed E-state index contributed by atoms with van der Waals surface area (Å²) in [4.78, 5) is 37.0. The number of nitrogens with one attached hydrogen (secondary N) is 2. The van der Waals surface area contributed by atoms with Crippen molar-refractivity contribution in [2.75, 3.05) is 11.9 Å². The normalized spacial score (nSPS) is 13.6. The highest BCUT2D eigenvalue weighted by atomic mass is 35.5. The molecule has 2 amide bonds. The van der Waals surface area contributed by atoms with Crippen molar-refractivity contribution in [3.05, 3.63) is 50.3 Å². The Morgan fingerprint density at radius 3 is 2.76 bits per heavy atom. The van der Waals surface area contributed by atoms with Crippen LogP contribution in [0.3, 0.4) is 0 Å². The van der Waals surface area contributed by atoms with E-state index >= 15 is 0 Å². The van der Waals surface area contributed by atoms with Crippen molar-refractivity contribution in [1.82, 2.24) is 15.1 Å². The third kappa shape index (κ3) is 4.65. The second kappa shape index (κ2) is 7.70. The van der Waals surface area contributed by atoms with E-state index in [2.05, 4.69) is 15.5 Å². The number of aromatic nitrogens is 2. The van der Waals surface area contributed by atoms with Crippen LogP contribution in [0, 0.1) is 10.1 Å². The van der Waals surface area contributed by atoms with Gasteiger partial charge in [0, 0.05) is 36.4 Å². The van der Waals surface area contributed by atoms with E-state index in [4.69, 9.17) is 16.3 Å². The molecule has 0 atom stereocenters. The topological polar surface area (TPSA) is 130 Å². The summed E-state index contributed by atoms with van der Waals surface area (Å²) in [6.07, 6.45) is 0.0179. The number of nitro groups is 1. The van der Waals surface area contributed by atoms with Crippen molar-refractivity contribution in [2.45, 2.75) is 39.3 Å². The highest BCUT2D eigenvalue weighted by Crippen LogP contribution is 2.28. The maximum Gasteiger partial charge on any atom is 0.410 e. The maximum absolute atomic E-state index is 12.7. The number of nitro benzene ring substituents is 1. The van der Waals surface area contributed by atoms with Crippen LogP contribution in [-0.4, -0.2) is 44.2 Å². The van der Waals surface area contributed by atoms with E-state index in [0.717, 1.165) is 5.69 Å². The molecule has 0 unspecified atom stereocenters. The van der Waals surface area contributed by atoms with Gasteiger partial charge >= 0.3 is 6.09 Å². The molecule has 2 heterocycles. The summed E-state index contributed by atoms with van der Waals surface area (Å²) in [5.74, 6) is -0.587. The van der Waals surface area contributed by atoms with Gasteiger partial charge in [-0.15, -0.1) is 0 Å². The first-order chi connectivity index (χ1) is 13.5. The number of halogens is 1. The van der Waals surface area contributed by atoms with Crippen LogP contribution >= 0.6 is 11.6 Å². The Hall–Kier alpha value is -3.14. The molecule has 0 fully saturated rings. The van der Waals surface area contributed by atoms with E-state index in [0.29, 0.717) is 18.5 Å². The van der Waals surface area contributed by atoms with E-state index in [-0.39, 0.29) is 28.6 Å². The molecule has 1 aromatic heterocycles. The number of ether oxygens (including phenoxy) is 1. The minimum Gasteiger partial charge on any atom is -0.444 e. The zero-order chi connectivity index (χ0) is 21.3. The van der Waals surface area contributed by atoms with Crippen LogP contribution in [0.4, 0.5) is 16.2 Å². The van der Waals surface area contributed by atoms with Crippen molar-refractivity contribution in [2.24, 2.45) is 0 Å². The molecule has 1 aromatic carbocycles. The smallest absolute Gasteiger partial charge is 0.410 e. The van der Waals surface area contributed by atoms with E-state index in [9.17, 15) is 19.7 Å². The fourth-order valence-corrected chi connectivity index (χ4v) is 3.03. The Morgan fingerprint density at radius 1 is 1.38 bits per heavy atom. The largest absolute Gasteiger partial charge is 0.444 e. The van der Waals surface area contributed by atoms with Crippen LogP contribution in [0.5, 0.6) is 0 Å². The number of amides is 2. The molecule has 1 aliphatic heterocycles. The average Bonchev–Trinajstić information content (AvgIpc) is 3.05. The monoisotopic (exact) mass is 421 g/mol. The van der Waals surface area contributed by atoms with Crippen LogP contribution < -0.4 is 5.32 Å². The highest BCUT2D eigenvalue weighted by molar-refractivity contribution is 6.34. The summed E-state index contributed by atoms with van der Waals surface area (Å²) in [6.45, 7) is 5.92. The number of carbonyl (C=O) groups is 2. The van der Waals surface area contributed by atoms with Crippen LogP contribution in [0.25, 0.3) is 0 Å². The molecular formula is C18H20ClN5O5. The minimum atomic E-state index is -0.632. The zero-order valence-electron chi connectivity index (χ0n) is 16.1. The molecule has 29 heavy (non-hydrogen) atoms. The van der Waals surface area contributed by atoms with Gasteiger partial charge in [-0.2, -0.15) is 5.10 Å². The molecule has 0 bridgehead atoms. The molecule has 0 spiro atoms. The molecule has 0 saturated carbocycles. The number of benzene rings is 1. The quantitative estimate of drug-likeness (QED) is 0.575. The molecule has 2 aromatic rings. The van der Waals surface area contributed by atoms with Crippen LogP contribution in [0.15, 0.2) is 18.2 Å². The highest BCUT2D eigenvalue weighted by Gasteiger charge is 2.30. The lowest BCUT2D eigenvalue weighted by molar-refractivity contribution is -0.384. The Balaban J connectivity index is 1.80. The number of anilines is 1. The molecule has 3 rings (SSSR count). The van der Waals surface area contributed by atoms with E-state index < -0.39 is 22.5 Å². The summed E-state index contributed by atoms with van der Waals surface area (Å²) < 4.78 is 5.39. The fraction of sp³-hybridized carbons (Fsp3) is 0.389. The molecule has 2 N–H and O–H groups in total. The van der Waals surface area contributed by atoms with Crippen LogP contribution in [0.2, 0.25) is 5.02 Å². The number of H-pyrrole nitrogens is 1. The average molecular weight is 422 g/mol. The van der Waals surface area contributed by atoms with Crippen molar-refractivity contribution in [3.8, 4) is 0 Å². The standard InChI is InChI=1S/C18H20ClN5O5/c1-18(2,3)29-17(26)23-7-6-13-11(9-23)15(22-21-13)16(25)20-14-8-10(24(27)28)4-5-12(14)19/h4-5,8H,6-7,9H2,1-3H3,(H,20,25)(H,21,22). The summed E-state index contributed by atoms with van der Waals surface area (Å²) >= 11 is 6.04. The van der Waals surface area contributed by atoms with E-state index in [1.807, 2.05) is 0 Å². The van der Waals surface area contributed by atoms with Crippen molar-refractivity contribution in [1.29, 1.82) is 0 Å². The van der Waals surface area contributed by atoms with Gasteiger partial charge in [-0.1, -0.05) is 11.6 Å². The van der Waals surface area contributed by atoms with Gasteiger partial charge in [-0.05, 0) is 26.8 Å². The SMILES string of the molecule is CC(C)(C)OC(=O)N1CCc2[nH]nc(C(=O)Nc3cc([N+](=O)[O-])ccc3Cl)c2C1. The number of nitrogens with zero attached hydrogens (tertiary/aromatic N) is 3. The molecular weight excluding hydrogens is 402 g/mol. The number of rotatable bonds is 3. The summed E-state index contributed by atoms with van der Waals surface area (Å²) in [5, 5.41) is 20.5. The third-order valence-electron chi connectivity index (χ3n) is 4.21. The molecule has 1 aliphatic rings. The molecule has 11 heteroatoms. The summed E-state index contributed by atoms with van der Waals surface area (Å²) in [5.41, 5.74) is 0.677. The minimum absolute atomic E-state index is 0.0934. The molecule has 10 nitrogen and oxygen atoms in total. The van der Waals surface area contributed by atoms with Gasteiger partial charge in [-0.3, -0.25) is 20.0 Å². The lowest BCUT2D eigenvalue weighted by Gasteiger charge is -2.30. The van der Waals surface area contributed by atoms with E-state index in [1.54, 1.807) is 20.8 Å². The summed E-state index contributed by atoms with van der Waals surface area (Å²) in [7, 11) is 0. The molecule has 0 radical (unpaired) electrons. The summed E-state index contributed by atoms with van der Waals surface area (Å²) in [6, 6.07) is 3.75. The number of hydrogen-bond acceptors (Lipinski definition) is 6. The number of non-ortho nitro benzene ring substituents is 1. The van der Waals surface area contributed by atoms with Gasteiger partial charge in [-0.25, -0.2) is 4.79 Å². The van der Waals surface area contributed by atoms with Gasteiger partial charge in [0.05, 0.1) is 22.2 Å². The van der Waals surface area contributed by atoms with Gasteiger partial charge < -0.3 is 15.0 Å². The molecule has 0 saturated heterocycles. The molecule has 154 valence electrons. The first-order valence-corrected chi connectivity index (χ1v) is 9.22. The van der Waals surface area contributed by atoms with Gasteiger partial charge in [0.1, 0.15) is 5.60 Å².